The van der Waals surface area contributed by atoms with Crippen molar-refractivity contribution in [2.75, 3.05) is 6.54 Å². The maximum atomic E-state index is 11.6. The molecule has 88 valence electrons. The molecule has 1 saturated heterocycles. The quantitative estimate of drug-likeness (QED) is 0.702. The molecule has 1 rings (SSSR count). The van der Waals surface area contributed by atoms with Crippen LogP contribution in [-0.4, -0.2) is 29.3 Å². The molecule has 1 aliphatic rings. The van der Waals surface area contributed by atoms with E-state index in [1.165, 1.54) is 4.90 Å². The van der Waals surface area contributed by atoms with Crippen LogP contribution in [0.25, 0.3) is 0 Å². The standard InChI is InChI=1S/C11H17N3O2/c1-11(2,7-12)5-6-14-9(15)4-3-8(13)10(14)16/h8H,3-6,13H2,1-2H3. The first-order valence-corrected chi connectivity index (χ1v) is 5.38. The molecule has 0 spiro atoms. The van der Waals surface area contributed by atoms with Crippen LogP contribution < -0.4 is 5.73 Å². The van der Waals surface area contributed by atoms with Crippen molar-refractivity contribution in [1.82, 2.24) is 4.90 Å². The Kier molecular flexibility index (Phi) is 3.66. The van der Waals surface area contributed by atoms with Gasteiger partial charge in [0.1, 0.15) is 0 Å². The van der Waals surface area contributed by atoms with E-state index in [-0.39, 0.29) is 18.4 Å². The summed E-state index contributed by atoms with van der Waals surface area (Å²) in [7, 11) is 0. The zero-order valence-electron chi connectivity index (χ0n) is 9.69. The van der Waals surface area contributed by atoms with Crippen molar-refractivity contribution < 1.29 is 9.59 Å². The van der Waals surface area contributed by atoms with Gasteiger partial charge in [0.15, 0.2) is 0 Å². The summed E-state index contributed by atoms with van der Waals surface area (Å²) in [6, 6.07) is 1.57. The third-order valence-electron chi connectivity index (χ3n) is 2.82. The number of nitrogens with two attached hydrogens (primary N) is 1. The second-order valence-corrected chi connectivity index (χ2v) is 4.77. The summed E-state index contributed by atoms with van der Waals surface area (Å²) in [5, 5.41) is 8.84. The zero-order valence-corrected chi connectivity index (χ0v) is 9.69. The van der Waals surface area contributed by atoms with Crippen LogP contribution in [0.1, 0.15) is 33.1 Å². The maximum Gasteiger partial charge on any atom is 0.246 e. The van der Waals surface area contributed by atoms with Crippen LogP contribution in [0.3, 0.4) is 0 Å². The van der Waals surface area contributed by atoms with E-state index in [4.69, 9.17) is 11.0 Å². The number of rotatable bonds is 3. The minimum atomic E-state index is -0.567. The molecule has 1 atom stereocenters. The first-order valence-electron chi connectivity index (χ1n) is 5.38. The molecule has 1 heterocycles. The van der Waals surface area contributed by atoms with E-state index in [0.29, 0.717) is 19.3 Å². The largest absolute Gasteiger partial charge is 0.320 e. The van der Waals surface area contributed by atoms with Crippen molar-refractivity contribution in [3.8, 4) is 6.07 Å². The summed E-state index contributed by atoms with van der Waals surface area (Å²) >= 11 is 0. The van der Waals surface area contributed by atoms with Gasteiger partial charge in [0.25, 0.3) is 0 Å². The second kappa shape index (κ2) is 4.62. The zero-order chi connectivity index (χ0) is 12.3. The van der Waals surface area contributed by atoms with Crippen molar-refractivity contribution in [2.24, 2.45) is 11.1 Å². The number of likely N-dealkylation sites (tertiary alicyclic amines) is 1. The van der Waals surface area contributed by atoms with Gasteiger partial charge in [-0.15, -0.1) is 0 Å². The Morgan fingerprint density at radius 1 is 1.56 bits per heavy atom. The Bertz CT molecular complexity index is 344. The fraction of sp³-hybridized carbons (Fsp3) is 0.727. The van der Waals surface area contributed by atoms with Gasteiger partial charge in [0, 0.05) is 13.0 Å². The number of imide groups is 1. The molecular weight excluding hydrogens is 206 g/mol. The molecule has 2 N–H and O–H groups in total. The van der Waals surface area contributed by atoms with Crippen molar-refractivity contribution in [3.05, 3.63) is 0 Å². The van der Waals surface area contributed by atoms with Gasteiger partial charge < -0.3 is 5.73 Å². The van der Waals surface area contributed by atoms with Gasteiger partial charge in [0.2, 0.25) is 11.8 Å². The molecule has 2 amide bonds. The van der Waals surface area contributed by atoms with Crippen molar-refractivity contribution in [1.29, 1.82) is 5.26 Å². The molecule has 0 radical (unpaired) electrons. The first kappa shape index (κ1) is 12.7. The Balaban J connectivity index is 2.62. The molecule has 5 nitrogen and oxygen atoms in total. The molecule has 1 unspecified atom stereocenters. The Morgan fingerprint density at radius 2 is 2.19 bits per heavy atom. The lowest BCUT2D eigenvalue weighted by molar-refractivity contribution is -0.149. The average molecular weight is 223 g/mol. The molecule has 0 aliphatic carbocycles. The van der Waals surface area contributed by atoms with E-state index in [9.17, 15) is 9.59 Å². The van der Waals surface area contributed by atoms with Gasteiger partial charge in [-0.25, -0.2) is 0 Å². The number of carbonyl (C=O) groups excluding carboxylic acids is 2. The number of piperidine rings is 1. The highest BCUT2D eigenvalue weighted by Crippen LogP contribution is 2.21. The fourth-order valence-electron chi connectivity index (χ4n) is 1.54. The van der Waals surface area contributed by atoms with Crippen molar-refractivity contribution in [2.45, 2.75) is 39.2 Å². The van der Waals surface area contributed by atoms with E-state index in [1.54, 1.807) is 13.8 Å². The molecule has 0 bridgehead atoms. The predicted octanol–water partition coefficient (Wildman–Crippen LogP) is 0.403. The summed E-state index contributed by atoms with van der Waals surface area (Å²) in [6.45, 7) is 3.85. The second-order valence-electron chi connectivity index (χ2n) is 4.77. The number of nitriles is 1. The molecule has 0 aromatic heterocycles. The number of nitrogens with zero attached hydrogens (tertiary/aromatic N) is 2. The predicted molar refractivity (Wildman–Crippen MR) is 57.9 cm³/mol. The molecule has 1 fully saturated rings. The van der Waals surface area contributed by atoms with Crippen molar-refractivity contribution >= 4 is 11.8 Å². The van der Waals surface area contributed by atoms with Gasteiger partial charge in [-0.05, 0) is 26.7 Å². The van der Waals surface area contributed by atoms with E-state index in [0.717, 1.165) is 0 Å². The van der Waals surface area contributed by atoms with E-state index >= 15 is 0 Å². The summed E-state index contributed by atoms with van der Waals surface area (Å²) in [6.07, 6.45) is 1.23. The van der Waals surface area contributed by atoms with Gasteiger partial charge in [-0.1, -0.05) is 0 Å². The lowest BCUT2D eigenvalue weighted by Crippen LogP contribution is -2.51. The van der Waals surface area contributed by atoms with Crippen molar-refractivity contribution in [3.63, 3.8) is 0 Å². The number of carbonyl (C=O) groups is 2. The summed E-state index contributed by atoms with van der Waals surface area (Å²) in [4.78, 5) is 24.3. The number of amides is 2. The Labute approximate surface area is 95.2 Å². The minimum Gasteiger partial charge on any atom is -0.320 e. The Morgan fingerprint density at radius 3 is 2.75 bits per heavy atom. The van der Waals surface area contributed by atoms with Crippen LogP contribution in [0.4, 0.5) is 0 Å². The molecule has 1 aliphatic heterocycles. The van der Waals surface area contributed by atoms with Gasteiger partial charge in [0.05, 0.1) is 17.5 Å². The molecular formula is C11H17N3O2. The maximum absolute atomic E-state index is 11.6. The van der Waals surface area contributed by atoms with Crippen LogP contribution in [0, 0.1) is 16.7 Å². The van der Waals surface area contributed by atoms with Crippen LogP contribution in [0.15, 0.2) is 0 Å². The lowest BCUT2D eigenvalue weighted by Gasteiger charge is -2.30. The molecule has 0 saturated carbocycles. The van der Waals surface area contributed by atoms with Crippen LogP contribution in [0.2, 0.25) is 0 Å². The minimum absolute atomic E-state index is 0.180. The molecule has 16 heavy (non-hydrogen) atoms. The first-order chi connectivity index (χ1) is 7.37. The topological polar surface area (TPSA) is 87.2 Å². The van der Waals surface area contributed by atoms with Gasteiger partial charge in [-0.2, -0.15) is 5.26 Å². The highest BCUT2D eigenvalue weighted by molar-refractivity contribution is 6.00. The molecule has 0 aromatic rings. The summed E-state index contributed by atoms with van der Waals surface area (Å²) in [5.74, 6) is -0.495. The smallest absolute Gasteiger partial charge is 0.246 e. The van der Waals surface area contributed by atoms with E-state index in [2.05, 4.69) is 6.07 Å². The summed E-state index contributed by atoms with van der Waals surface area (Å²) in [5.41, 5.74) is 5.07. The SMILES string of the molecule is CC(C)(C#N)CCN1C(=O)CCC(N)C1=O. The van der Waals surface area contributed by atoms with Crippen LogP contribution in [0.5, 0.6) is 0 Å². The van der Waals surface area contributed by atoms with E-state index < -0.39 is 11.5 Å². The molecule has 0 aromatic carbocycles. The van der Waals surface area contributed by atoms with Crippen LogP contribution >= 0.6 is 0 Å². The van der Waals surface area contributed by atoms with E-state index in [1.807, 2.05) is 0 Å². The third-order valence-corrected chi connectivity index (χ3v) is 2.82. The average Bonchev–Trinajstić information content (AvgIpc) is 2.24. The van der Waals surface area contributed by atoms with Crippen LogP contribution in [-0.2, 0) is 9.59 Å². The highest BCUT2D eigenvalue weighted by Gasteiger charge is 2.32. The molecule has 5 heteroatoms. The normalized spacial score (nSPS) is 22.1. The Hall–Kier alpha value is -1.41. The highest BCUT2D eigenvalue weighted by atomic mass is 16.2. The number of hydrogen-bond acceptors (Lipinski definition) is 4. The number of hydrogen-bond donors (Lipinski definition) is 1. The lowest BCUT2D eigenvalue weighted by atomic mass is 9.90. The fourth-order valence-corrected chi connectivity index (χ4v) is 1.54. The monoisotopic (exact) mass is 223 g/mol. The van der Waals surface area contributed by atoms with Gasteiger partial charge in [-0.3, -0.25) is 14.5 Å². The van der Waals surface area contributed by atoms with Gasteiger partial charge >= 0.3 is 0 Å². The third kappa shape index (κ3) is 2.80. The summed E-state index contributed by atoms with van der Waals surface area (Å²) < 4.78 is 0.